The van der Waals surface area contributed by atoms with E-state index in [0.717, 1.165) is 11.1 Å². The van der Waals surface area contributed by atoms with Gasteiger partial charge >= 0.3 is 0 Å². The third-order valence-corrected chi connectivity index (χ3v) is 6.38. The fourth-order valence-electron chi connectivity index (χ4n) is 3.72. The minimum Gasteiger partial charge on any atom is -0.490 e. The number of thioether (sulfide) groups is 1. The summed E-state index contributed by atoms with van der Waals surface area (Å²) in [6, 6.07) is 13.0. The highest BCUT2D eigenvalue weighted by molar-refractivity contribution is 7.98. The van der Waals surface area contributed by atoms with Crippen LogP contribution in [0.1, 0.15) is 42.9 Å². The largest absolute Gasteiger partial charge is 0.490 e. The van der Waals surface area contributed by atoms with Crippen molar-refractivity contribution in [2.75, 3.05) is 18.5 Å². The van der Waals surface area contributed by atoms with Crippen molar-refractivity contribution in [2.24, 2.45) is 0 Å². The number of nitrogens with one attached hydrogen (secondary N) is 2. The van der Waals surface area contributed by atoms with Gasteiger partial charge in [-0.1, -0.05) is 41.6 Å². The Hall–Kier alpha value is -2.97. The maximum absolute atomic E-state index is 13.1. The number of carbonyl (C=O) groups is 1. The summed E-state index contributed by atoms with van der Waals surface area (Å²) in [4.78, 5) is 33.0. The summed E-state index contributed by atoms with van der Waals surface area (Å²) >= 11 is 7.32. The first-order valence-corrected chi connectivity index (χ1v) is 12.1. The van der Waals surface area contributed by atoms with E-state index in [1.165, 1.54) is 11.8 Å². The lowest BCUT2D eigenvalue weighted by molar-refractivity contribution is -0.116. The highest BCUT2D eigenvalue weighted by Gasteiger charge is 2.31. The number of aromatic nitrogens is 2. The van der Waals surface area contributed by atoms with E-state index in [1.807, 2.05) is 56.3 Å². The summed E-state index contributed by atoms with van der Waals surface area (Å²) in [5, 5.41) is 3.87. The van der Waals surface area contributed by atoms with Crippen molar-refractivity contribution in [1.29, 1.82) is 0 Å². The molecule has 1 amide bonds. The van der Waals surface area contributed by atoms with Gasteiger partial charge in [-0.3, -0.25) is 9.59 Å². The van der Waals surface area contributed by atoms with E-state index < -0.39 is 5.92 Å². The molecule has 0 bridgehead atoms. The van der Waals surface area contributed by atoms with Crippen LogP contribution in [0.25, 0.3) is 0 Å². The van der Waals surface area contributed by atoms with Crippen LogP contribution in [0.4, 0.5) is 5.82 Å². The molecule has 0 fully saturated rings. The minimum atomic E-state index is -0.435. The van der Waals surface area contributed by atoms with E-state index in [4.69, 9.17) is 21.1 Å². The van der Waals surface area contributed by atoms with Crippen molar-refractivity contribution in [3.8, 4) is 11.5 Å². The Morgan fingerprint density at radius 1 is 1.06 bits per heavy atom. The first-order chi connectivity index (χ1) is 16.0. The Labute approximate surface area is 200 Å². The number of fused-ring (bicyclic) bond motifs is 1. The van der Waals surface area contributed by atoms with Gasteiger partial charge in [-0.25, -0.2) is 4.98 Å². The average molecular weight is 486 g/mol. The zero-order valence-corrected chi connectivity index (χ0v) is 19.9. The van der Waals surface area contributed by atoms with Crippen molar-refractivity contribution in [1.82, 2.24) is 9.97 Å². The van der Waals surface area contributed by atoms with Gasteiger partial charge in [0.05, 0.1) is 18.8 Å². The Balaban J connectivity index is 1.64. The molecule has 2 N–H and O–H groups in total. The number of rotatable bonds is 8. The molecule has 0 radical (unpaired) electrons. The molecule has 0 unspecified atom stereocenters. The van der Waals surface area contributed by atoms with Crippen LogP contribution < -0.4 is 20.3 Å². The lowest BCUT2D eigenvalue weighted by Gasteiger charge is -2.25. The molecule has 7 nitrogen and oxygen atoms in total. The monoisotopic (exact) mass is 485 g/mol. The molecule has 3 aromatic rings. The molecular weight excluding hydrogens is 462 g/mol. The Bertz CT molecular complexity index is 1210. The van der Waals surface area contributed by atoms with Gasteiger partial charge in [0.25, 0.3) is 5.56 Å². The highest BCUT2D eigenvalue weighted by Crippen LogP contribution is 2.38. The second-order valence-electron chi connectivity index (χ2n) is 7.43. The first-order valence-electron chi connectivity index (χ1n) is 10.7. The number of benzene rings is 2. The van der Waals surface area contributed by atoms with Crippen LogP contribution in [0.15, 0.2) is 52.4 Å². The molecule has 0 saturated heterocycles. The third kappa shape index (κ3) is 5.34. The number of aromatic amines is 1. The van der Waals surface area contributed by atoms with E-state index in [2.05, 4.69) is 15.3 Å². The van der Waals surface area contributed by atoms with Crippen LogP contribution in [-0.2, 0) is 10.5 Å². The predicted molar refractivity (Wildman–Crippen MR) is 130 cm³/mol. The molecule has 33 heavy (non-hydrogen) atoms. The highest BCUT2D eigenvalue weighted by atomic mass is 35.5. The zero-order chi connectivity index (χ0) is 23.4. The van der Waals surface area contributed by atoms with Crippen molar-refractivity contribution in [3.63, 3.8) is 0 Å². The summed E-state index contributed by atoms with van der Waals surface area (Å²) in [5.74, 6) is 1.49. The molecule has 9 heteroatoms. The van der Waals surface area contributed by atoms with Crippen molar-refractivity contribution >= 4 is 35.1 Å². The van der Waals surface area contributed by atoms with Crippen molar-refractivity contribution in [2.45, 2.75) is 37.1 Å². The number of carbonyl (C=O) groups excluding carboxylic acids is 1. The molecule has 172 valence electrons. The summed E-state index contributed by atoms with van der Waals surface area (Å²) < 4.78 is 11.4. The molecule has 0 saturated carbocycles. The molecule has 1 atom stereocenters. The Morgan fingerprint density at radius 3 is 2.52 bits per heavy atom. The topological polar surface area (TPSA) is 93.3 Å². The van der Waals surface area contributed by atoms with Crippen molar-refractivity contribution in [3.05, 3.63) is 74.5 Å². The smallest absolute Gasteiger partial charge is 0.257 e. The fourth-order valence-corrected chi connectivity index (χ4v) is 4.66. The van der Waals surface area contributed by atoms with E-state index in [1.54, 1.807) is 0 Å². The van der Waals surface area contributed by atoms with Crippen LogP contribution in [0.5, 0.6) is 11.5 Å². The first kappa shape index (κ1) is 23.2. The molecule has 1 aliphatic rings. The van der Waals surface area contributed by atoms with E-state index in [-0.39, 0.29) is 17.9 Å². The van der Waals surface area contributed by atoms with Crippen LogP contribution in [0, 0.1) is 0 Å². The van der Waals surface area contributed by atoms with Gasteiger partial charge in [0, 0.05) is 23.1 Å². The number of hydrogen-bond acceptors (Lipinski definition) is 6. The minimum absolute atomic E-state index is 0.147. The van der Waals surface area contributed by atoms with Gasteiger partial charge in [-0.15, -0.1) is 0 Å². The summed E-state index contributed by atoms with van der Waals surface area (Å²) in [6.07, 6.45) is 0.147. The van der Waals surface area contributed by atoms with Gasteiger partial charge in [0.1, 0.15) is 5.82 Å². The SMILES string of the molecule is CCOc1ccc([C@@H]2CC(=O)Nc3nc(SCc4ccc(Cl)cc4)[nH]c(=O)c32)cc1OCC. The van der Waals surface area contributed by atoms with E-state index >= 15 is 0 Å². The number of hydrogen-bond donors (Lipinski definition) is 2. The molecular formula is C24H24ClN3O4S. The quantitative estimate of drug-likeness (QED) is 0.345. The second-order valence-corrected chi connectivity index (χ2v) is 8.83. The van der Waals surface area contributed by atoms with Crippen molar-refractivity contribution < 1.29 is 14.3 Å². The van der Waals surface area contributed by atoms with Gasteiger partial charge < -0.3 is 19.8 Å². The maximum Gasteiger partial charge on any atom is 0.257 e. The number of ether oxygens (including phenoxy) is 2. The lowest BCUT2D eigenvalue weighted by atomic mass is 9.86. The Kier molecular flexibility index (Phi) is 7.25. The van der Waals surface area contributed by atoms with Gasteiger partial charge in [0.2, 0.25) is 5.91 Å². The molecule has 4 rings (SSSR count). The maximum atomic E-state index is 13.1. The summed E-state index contributed by atoms with van der Waals surface area (Å²) in [6.45, 7) is 4.78. The molecule has 1 aliphatic heterocycles. The number of anilines is 1. The number of H-pyrrole nitrogens is 1. The van der Waals surface area contributed by atoms with Gasteiger partial charge in [0.15, 0.2) is 16.7 Å². The molecule has 2 heterocycles. The zero-order valence-electron chi connectivity index (χ0n) is 18.3. The molecule has 0 spiro atoms. The number of halogens is 1. The Morgan fingerprint density at radius 2 is 1.79 bits per heavy atom. The van der Waals surface area contributed by atoms with Gasteiger partial charge in [-0.05, 0) is 49.2 Å². The van der Waals surface area contributed by atoms with Crippen LogP contribution in [0.3, 0.4) is 0 Å². The number of amides is 1. The van der Waals surface area contributed by atoms with Crippen LogP contribution in [0.2, 0.25) is 5.02 Å². The fraction of sp³-hybridized carbons (Fsp3) is 0.292. The lowest BCUT2D eigenvalue weighted by Crippen LogP contribution is -2.31. The normalized spacial score (nSPS) is 15.0. The number of nitrogens with zero attached hydrogens (tertiary/aromatic N) is 1. The summed E-state index contributed by atoms with van der Waals surface area (Å²) in [7, 11) is 0. The average Bonchev–Trinajstić information content (AvgIpc) is 2.79. The molecule has 1 aromatic heterocycles. The van der Waals surface area contributed by atoms with Gasteiger partial charge in [-0.2, -0.15) is 0 Å². The molecule has 2 aromatic carbocycles. The molecule has 0 aliphatic carbocycles. The third-order valence-electron chi connectivity index (χ3n) is 5.19. The van der Waals surface area contributed by atoms with E-state index in [9.17, 15) is 9.59 Å². The predicted octanol–water partition coefficient (Wildman–Crippen LogP) is 4.99. The van der Waals surface area contributed by atoms with Crippen LogP contribution in [-0.4, -0.2) is 29.1 Å². The van der Waals surface area contributed by atoms with E-state index in [0.29, 0.717) is 52.0 Å². The summed E-state index contributed by atoms with van der Waals surface area (Å²) in [5.41, 5.74) is 2.02. The second kappa shape index (κ2) is 10.3. The standard InChI is InChI=1S/C24H24ClN3O4S/c1-3-31-18-10-7-15(11-19(18)32-4-2)17-12-20(29)26-22-21(17)23(30)28-24(27-22)33-13-14-5-8-16(25)9-6-14/h5-11,17H,3-4,12-13H2,1-2H3,(H2,26,27,28,29,30)/t17-/m0/s1. The van der Waals surface area contributed by atoms with Crippen LogP contribution >= 0.6 is 23.4 Å².